The Bertz CT molecular complexity index is 681. The zero-order chi connectivity index (χ0) is 17.0. The number of nitrogens with two attached hydrogens (primary N) is 1. The van der Waals surface area contributed by atoms with E-state index in [1.54, 1.807) is 18.2 Å². The smallest absolute Gasteiger partial charge is 0.534 e. The quantitative estimate of drug-likeness (QED) is 0.473. The summed E-state index contributed by atoms with van der Waals surface area (Å²) >= 11 is 0. The van der Waals surface area contributed by atoms with Crippen LogP contribution in [-0.2, 0) is 27.8 Å². The number of rotatable bonds is 6. The van der Waals surface area contributed by atoms with E-state index in [0.717, 1.165) is 5.56 Å². The number of primary sulfonamides is 1. The van der Waals surface area contributed by atoms with Crippen LogP contribution in [0.15, 0.2) is 18.2 Å². The van der Waals surface area contributed by atoms with Crippen molar-refractivity contribution < 1.29 is 28.0 Å². The van der Waals surface area contributed by atoms with Gasteiger partial charge in [-0.2, -0.15) is 0 Å². The van der Waals surface area contributed by atoms with Crippen LogP contribution >= 0.6 is 0 Å². The number of carbonyl (C=O) groups excluding carboxylic acids is 1. The summed E-state index contributed by atoms with van der Waals surface area (Å²) in [6.45, 7) is -0.208. The highest BCUT2D eigenvalue weighted by molar-refractivity contribution is 7.89. The van der Waals surface area contributed by atoms with Crippen molar-refractivity contribution >= 4 is 23.0 Å². The van der Waals surface area contributed by atoms with E-state index < -0.39 is 23.1 Å². The molecule has 1 aromatic carbocycles. The minimum Gasteiger partial charge on any atom is -0.534 e. The van der Waals surface area contributed by atoms with Gasteiger partial charge in [-0.25, -0.2) is 13.6 Å². The lowest BCUT2D eigenvalue weighted by molar-refractivity contribution is -0.121. The monoisotopic (exact) mass is 342 g/mol. The molecule has 1 aliphatic heterocycles. The topological polar surface area (TPSA) is 139 Å². The van der Waals surface area contributed by atoms with Gasteiger partial charge in [-0.05, 0) is 18.4 Å². The van der Waals surface area contributed by atoms with Crippen molar-refractivity contribution in [1.82, 2.24) is 5.32 Å². The number of sulfonamides is 1. The molecule has 23 heavy (non-hydrogen) atoms. The third-order valence-corrected chi connectivity index (χ3v) is 4.41. The lowest BCUT2D eigenvalue weighted by Crippen LogP contribution is -2.53. The molecule has 0 unspecified atom stereocenters. The van der Waals surface area contributed by atoms with Crippen molar-refractivity contribution in [2.24, 2.45) is 5.14 Å². The second-order valence-electron chi connectivity index (χ2n) is 5.42. The highest BCUT2D eigenvalue weighted by Crippen LogP contribution is 2.30. The first-order valence-corrected chi connectivity index (χ1v) is 8.88. The second-order valence-corrected chi connectivity index (χ2v) is 7.15. The number of hydrogen-bond acceptors (Lipinski definition) is 6. The van der Waals surface area contributed by atoms with Gasteiger partial charge in [0.15, 0.2) is 0 Å². The summed E-state index contributed by atoms with van der Waals surface area (Å²) < 4.78 is 27.0. The molecule has 0 saturated carbocycles. The molecule has 0 aliphatic carbocycles. The predicted octanol–water partition coefficient (Wildman–Crippen LogP) is -1.31. The summed E-state index contributed by atoms with van der Waals surface area (Å²) in [5.41, 5.74) is 1.34. The van der Waals surface area contributed by atoms with Crippen LogP contribution in [0.3, 0.4) is 0 Å². The SMILES string of the molecule is NS(=O)(=O)CCCC(=O)N[C@H]1Cc2cccc(CO)c2OB1O. The van der Waals surface area contributed by atoms with Crippen molar-refractivity contribution in [3.63, 3.8) is 0 Å². The van der Waals surface area contributed by atoms with E-state index in [2.05, 4.69) is 5.32 Å². The Morgan fingerprint density at radius 1 is 1.48 bits per heavy atom. The number of hydrogen-bond donors (Lipinski definition) is 4. The number of carbonyl (C=O) groups is 1. The second kappa shape index (κ2) is 7.30. The summed E-state index contributed by atoms with van der Waals surface area (Å²) in [7, 11) is -4.83. The first kappa shape index (κ1) is 17.7. The van der Waals surface area contributed by atoms with Crippen molar-refractivity contribution in [3.8, 4) is 5.75 Å². The Hall–Kier alpha value is -1.62. The maximum absolute atomic E-state index is 11.8. The molecule has 0 bridgehead atoms. The van der Waals surface area contributed by atoms with E-state index in [1.165, 1.54) is 0 Å². The van der Waals surface area contributed by atoms with Gasteiger partial charge in [0.2, 0.25) is 15.9 Å². The van der Waals surface area contributed by atoms with E-state index in [1.807, 2.05) is 0 Å². The summed E-state index contributed by atoms with van der Waals surface area (Å²) in [5, 5.41) is 26.8. The van der Waals surface area contributed by atoms with E-state index >= 15 is 0 Å². The Morgan fingerprint density at radius 3 is 2.87 bits per heavy atom. The Morgan fingerprint density at radius 2 is 2.22 bits per heavy atom. The molecule has 8 nitrogen and oxygen atoms in total. The maximum Gasteiger partial charge on any atom is 0.547 e. The number of nitrogens with one attached hydrogen (secondary N) is 1. The summed E-state index contributed by atoms with van der Waals surface area (Å²) in [6.07, 6.45) is 0.452. The molecule has 1 aromatic rings. The number of fused-ring (bicyclic) bond motifs is 1. The minimum atomic E-state index is -3.59. The lowest BCUT2D eigenvalue weighted by atomic mass is 9.72. The van der Waals surface area contributed by atoms with Gasteiger partial charge in [0.05, 0.1) is 18.3 Å². The lowest BCUT2D eigenvalue weighted by Gasteiger charge is -2.29. The van der Waals surface area contributed by atoms with Gasteiger partial charge in [-0.15, -0.1) is 0 Å². The van der Waals surface area contributed by atoms with Gasteiger partial charge in [0, 0.05) is 12.0 Å². The van der Waals surface area contributed by atoms with Crippen LogP contribution in [0.4, 0.5) is 0 Å². The van der Waals surface area contributed by atoms with Crippen LogP contribution in [0.2, 0.25) is 0 Å². The molecule has 10 heteroatoms. The molecular formula is C13H19BN2O6S. The average molecular weight is 342 g/mol. The highest BCUT2D eigenvalue weighted by atomic mass is 32.2. The maximum atomic E-state index is 11.8. The molecule has 1 heterocycles. The van der Waals surface area contributed by atoms with Gasteiger partial charge in [-0.1, -0.05) is 18.2 Å². The zero-order valence-corrected chi connectivity index (χ0v) is 13.3. The van der Waals surface area contributed by atoms with E-state index in [4.69, 9.17) is 9.79 Å². The normalized spacial score (nSPS) is 17.3. The third-order valence-electron chi connectivity index (χ3n) is 3.55. The molecule has 1 atom stereocenters. The molecule has 0 spiro atoms. The first-order valence-electron chi connectivity index (χ1n) is 7.16. The van der Waals surface area contributed by atoms with Crippen LogP contribution in [0, 0.1) is 0 Å². The van der Waals surface area contributed by atoms with E-state index in [9.17, 15) is 23.3 Å². The molecule has 0 aromatic heterocycles. The van der Waals surface area contributed by atoms with Crippen LogP contribution in [0.5, 0.6) is 5.75 Å². The number of aliphatic hydroxyl groups excluding tert-OH is 1. The molecule has 1 amide bonds. The largest absolute Gasteiger partial charge is 0.547 e. The summed E-state index contributed by atoms with van der Waals surface area (Å²) in [4.78, 5) is 11.8. The fourth-order valence-electron chi connectivity index (χ4n) is 2.45. The number of para-hydroxylation sites is 1. The Labute approximate surface area is 134 Å². The number of aliphatic hydroxyl groups is 1. The first-order chi connectivity index (χ1) is 10.8. The summed E-state index contributed by atoms with van der Waals surface area (Å²) in [6, 6.07) is 5.24. The molecular weight excluding hydrogens is 323 g/mol. The van der Waals surface area contributed by atoms with Gasteiger partial charge in [-0.3, -0.25) is 4.79 Å². The highest BCUT2D eigenvalue weighted by Gasteiger charge is 2.36. The predicted molar refractivity (Wildman–Crippen MR) is 83.8 cm³/mol. The van der Waals surface area contributed by atoms with Crippen LogP contribution in [-0.4, -0.2) is 43.3 Å². The van der Waals surface area contributed by atoms with Gasteiger partial charge < -0.3 is 20.1 Å². The van der Waals surface area contributed by atoms with E-state index in [-0.39, 0.29) is 31.1 Å². The number of amides is 1. The fourth-order valence-corrected chi connectivity index (χ4v) is 3.00. The van der Waals surface area contributed by atoms with Gasteiger partial charge >= 0.3 is 7.12 Å². The molecule has 126 valence electrons. The van der Waals surface area contributed by atoms with E-state index in [0.29, 0.717) is 17.7 Å². The minimum absolute atomic E-state index is 0.0107. The van der Waals surface area contributed by atoms with Crippen molar-refractivity contribution in [2.75, 3.05) is 5.75 Å². The van der Waals surface area contributed by atoms with Crippen LogP contribution < -0.4 is 15.1 Å². The van der Waals surface area contributed by atoms with Crippen molar-refractivity contribution in [3.05, 3.63) is 29.3 Å². The third kappa shape index (κ3) is 4.93. The van der Waals surface area contributed by atoms with Crippen LogP contribution in [0.1, 0.15) is 24.0 Å². The summed E-state index contributed by atoms with van der Waals surface area (Å²) in [5.74, 6) is -0.865. The van der Waals surface area contributed by atoms with Crippen molar-refractivity contribution in [2.45, 2.75) is 31.8 Å². The molecule has 0 fully saturated rings. The zero-order valence-electron chi connectivity index (χ0n) is 12.4. The van der Waals surface area contributed by atoms with Crippen molar-refractivity contribution in [1.29, 1.82) is 0 Å². The number of benzene rings is 1. The van der Waals surface area contributed by atoms with Gasteiger partial charge in [0.25, 0.3) is 0 Å². The average Bonchev–Trinajstić information content (AvgIpc) is 2.46. The molecule has 5 N–H and O–H groups in total. The molecule has 2 rings (SSSR count). The molecule has 0 saturated heterocycles. The molecule has 1 aliphatic rings. The standard InChI is InChI=1S/C13H19BN2O6S/c15-23(20,21)6-2-5-12(18)16-11-7-9-3-1-4-10(8-17)13(9)22-14(11)19/h1,3-4,11,17,19H,2,5-8H2,(H,16,18)(H2,15,20,21)/t11-/m0/s1. The van der Waals surface area contributed by atoms with Crippen LogP contribution in [0.25, 0.3) is 0 Å². The fraction of sp³-hybridized carbons (Fsp3) is 0.462. The Kier molecular flexibility index (Phi) is 5.63. The Balaban J connectivity index is 1.95. The molecule has 0 radical (unpaired) electrons. The van der Waals surface area contributed by atoms with Gasteiger partial charge in [0.1, 0.15) is 5.75 Å².